The Balaban J connectivity index is 1.60. The van der Waals surface area contributed by atoms with Gasteiger partial charge < -0.3 is 10.1 Å². The van der Waals surface area contributed by atoms with Gasteiger partial charge in [-0.25, -0.2) is 13.1 Å². The van der Waals surface area contributed by atoms with Crippen LogP contribution in [0.3, 0.4) is 0 Å². The molecular formula is C19H28ClN3O4S. The van der Waals surface area contributed by atoms with Gasteiger partial charge in [-0.15, -0.1) is 0 Å². The Morgan fingerprint density at radius 1 is 1.36 bits per heavy atom. The number of hydrogen-bond acceptors (Lipinski definition) is 5. The Morgan fingerprint density at radius 2 is 2.11 bits per heavy atom. The number of carbonyl (C=O) groups excluding carboxylic acids is 1. The molecule has 1 aromatic rings. The Labute approximate surface area is 171 Å². The lowest BCUT2D eigenvalue weighted by molar-refractivity contribution is -0.0295. The molecule has 1 aliphatic carbocycles. The van der Waals surface area contributed by atoms with Gasteiger partial charge in [0, 0.05) is 37.8 Å². The molecular weight excluding hydrogens is 402 g/mol. The van der Waals surface area contributed by atoms with Gasteiger partial charge in [0.2, 0.25) is 10.0 Å². The summed E-state index contributed by atoms with van der Waals surface area (Å²) in [5, 5.41) is 2.95. The van der Waals surface area contributed by atoms with E-state index in [0.29, 0.717) is 19.1 Å². The van der Waals surface area contributed by atoms with Crippen LogP contribution < -0.4 is 10.0 Å². The lowest BCUT2D eigenvalue weighted by atomic mass is 10.1. The third-order valence-corrected chi connectivity index (χ3v) is 6.72. The molecule has 1 saturated heterocycles. The molecule has 0 spiro atoms. The first-order chi connectivity index (χ1) is 13.2. The van der Waals surface area contributed by atoms with Crippen molar-refractivity contribution in [1.82, 2.24) is 14.9 Å². The highest BCUT2D eigenvalue weighted by atomic mass is 35.5. The predicted octanol–water partition coefficient (Wildman–Crippen LogP) is 1.87. The lowest BCUT2D eigenvalue weighted by Gasteiger charge is -2.33. The van der Waals surface area contributed by atoms with Crippen molar-refractivity contribution in [2.24, 2.45) is 5.92 Å². The van der Waals surface area contributed by atoms with Gasteiger partial charge >= 0.3 is 0 Å². The number of nitrogens with one attached hydrogen (secondary N) is 2. The van der Waals surface area contributed by atoms with Crippen molar-refractivity contribution < 1.29 is 17.9 Å². The van der Waals surface area contributed by atoms with Gasteiger partial charge in [-0.2, -0.15) is 0 Å². The molecule has 3 rings (SSSR count). The third kappa shape index (κ3) is 5.90. The van der Waals surface area contributed by atoms with Crippen LogP contribution in [0.4, 0.5) is 0 Å². The highest BCUT2D eigenvalue weighted by Gasteiger charge is 2.30. The van der Waals surface area contributed by atoms with E-state index in [1.54, 1.807) is 0 Å². The second kappa shape index (κ2) is 9.09. The molecule has 2 N–H and O–H groups in total. The molecule has 0 radical (unpaired) electrons. The number of morpholine rings is 1. The van der Waals surface area contributed by atoms with Crippen LogP contribution in [-0.4, -0.2) is 64.2 Å². The number of rotatable bonds is 8. The van der Waals surface area contributed by atoms with E-state index in [1.165, 1.54) is 18.2 Å². The van der Waals surface area contributed by atoms with Crippen LogP contribution in [0.1, 0.15) is 37.0 Å². The summed E-state index contributed by atoms with van der Waals surface area (Å²) in [6, 6.07) is 4.27. The SMILES string of the molecule is CC(C)CN1CCO[C@H](CNC(=O)c2ccc(Cl)c(S(=O)(=O)NC3CC3)c2)C1. The van der Waals surface area contributed by atoms with E-state index in [2.05, 4.69) is 28.8 Å². The summed E-state index contributed by atoms with van der Waals surface area (Å²) in [4.78, 5) is 14.8. The number of ether oxygens (including phenoxy) is 1. The van der Waals surface area contributed by atoms with Crippen LogP contribution in [0, 0.1) is 5.92 Å². The zero-order valence-electron chi connectivity index (χ0n) is 16.3. The van der Waals surface area contributed by atoms with Gasteiger partial charge in [0.1, 0.15) is 4.90 Å². The number of halogens is 1. The fourth-order valence-electron chi connectivity index (χ4n) is 3.23. The second-order valence-electron chi connectivity index (χ2n) is 7.90. The molecule has 0 unspecified atom stereocenters. The number of sulfonamides is 1. The molecule has 2 aliphatic rings. The summed E-state index contributed by atoms with van der Waals surface area (Å²) in [6.45, 7) is 8.04. The van der Waals surface area contributed by atoms with Gasteiger partial charge in [0.15, 0.2) is 0 Å². The fourth-order valence-corrected chi connectivity index (χ4v) is 5.06. The maximum absolute atomic E-state index is 12.5. The van der Waals surface area contributed by atoms with Crippen molar-refractivity contribution in [2.45, 2.75) is 43.7 Å². The van der Waals surface area contributed by atoms with E-state index < -0.39 is 10.0 Å². The first-order valence-electron chi connectivity index (χ1n) is 9.68. The number of nitrogens with zero attached hydrogens (tertiary/aromatic N) is 1. The van der Waals surface area contributed by atoms with Crippen molar-refractivity contribution in [2.75, 3.05) is 32.8 Å². The van der Waals surface area contributed by atoms with E-state index in [4.69, 9.17) is 16.3 Å². The Bertz CT molecular complexity index is 811. The molecule has 28 heavy (non-hydrogen) atoms. The van der Waals surface area contributed by atoms with Crippen molar-refractivity contribution in [1.29, 1.82) is 0 Å². The average Bonchev–Trinajstić information content (AvgIpc) is 3.43. The van der Waals surface area contributed by atoms with Crippen LogP contribution in [-0.2, 0) is 14.8 Å². The van der Waals surface area contributed by atoms with Crippen LogP contribution in [0.15, 0.2) is 23.1 Å². The third-order valence-electron chi connectivity index (χ3n) is 4.72. The topological polar surface area (TPSA) is 87.7 Å². The van der Waals surface area contributed by atoms with E-state index in [-0.39, 0.29) is 33.5 Å². The Hall–Kier alpha value is -1.19. The zero-order chi connectivity index (χ0) is 20.3. The molecule has 1 saturated carbocycles. The molecule has 2 fully saturated rings. The zero-order valence-corrected chi connectivity index (χ0v) is 17.9. The molecule has 1 atom stereocenters. The van der Waals surface area contributed by atoms with Crippen molar-refractivity contribution in [3.05, 3.63) is 28.8 Å². The smallest absolute Gasteiger partial charge is 0.251 e. The van der Waals surface area contributed by atoms with E-state index in [9.17, 15) is 13.2 Å². The van der Waals surface area contributed by atoms with Crippen molar-refractivity contribution in [3.8, 4) is 0 Å². The quantitative estimate of drug-likeness (QED) is 0.658. The van der Waals surface area contributed by atoms with E-state index >= 15 is 0 Å². The highest BCUT2D eigenvalue weighted by Crippen LogP contribution is 2.26. The fraction of sp³-hybridized carbons (Fsp3) is 0.632. The largest absolute Gasteiger partial charge is 0.374 e. The summed E-state index contributed by atoms with van der Waals surface area (Å²) in [5.74, 6) is 0.233. The molecule has 1 aliphatic heterocycles. The van der Waals surface area contributed by atoms with Gasteiger partial charge in [-0.1, -0.05) is 25.4 Å². The number of hydrogen-bond donors (Lipinski definition) is 2. The van der Waals surface area contributed by atoms with Crippen LogP contribution in [0.5, 0.6) is 0 Å². The standard InChI is InChI=1S/C19H28ClN3O4S/c1-13(2)11-23-7-8-27-16(12-23)10-21-19(24)14-3-6-17(20)18(9-14)28(25,26)22-15-4-5-15/h3,6,9,13,15-16,22H,4-5,7-8,10-12H2,1-2H3,(H,21,24)/t16-/m1/s1. The normalized spacial score (nSPS) is 21.1. The predicted molar refractivity (Wildman–Crippen MR) is 108 cm³/mol. The van der Waals surface area contributed by atoms with Crippen LogP contribution >= 0.6 is 11.6 Å². The van der Waals surface area contributed by atoms with Gasteiger partial charge in [0.25, 0.3) is 5.91 Å². The number of benzene rings is 1. The lowest BCUT2D eigenvalue weighted by Crippen LogP contribution is -2.48. The van der Waals surface area contributed by atoms with Crippen molar-refractivity contribution in [3.63, 3.8) is 0 Å². The Kier molecular flexibility index (Phi) is 6.98. The second-order valence-corrected chi connectivity index (χ2v) is 9.99. The minimum absolute atomic E-state index is 0.0317. The maximum atomic E-state index is 12.5. The summed E-state index contributed by atoms with van der Waals surface area (Å²) in [6.07, 6.45) is 1.57. The molecule has 9 heteroatoms. The maximum Gasteiger partial charge on any atom is 0.251 e. The van der Waals surface area contributed by atoms with Crippen LogP contribution in [0.2, 0.25) is 5.02 Å². The molecule has 1 amide bonds. The van der Waals surface area contributed by atoms with Crippen LogP contribution in [0.25, 0.3) is 0 Å². The van der Waals surface area contributed by atoms with E-state index in [0.717, 1.165) is 32.5 Å². The van der Waals surface area contributed by atoms with Gasteiger partial charge in [-0.3, -0.25) is 9.69 Å². The van der Waals surface area contributed by atoms with Crippen molar-refractivity contribution >= 4 is 27.5 Å². The molecule has 156 valence electrons. The summed E-state index contributed by atoms with van der Waals surface area (Å²) in [7, 11) is -3.73. The monoisotopic (exact) mass is 429 g/mol. The first kappa shape index (κ1) is 21.5. The Morgan fingerprint density at radius 3 is 2.79 bits per heavy atom. The first-order valence-corrected chi connectivity index (χ1v) is 11.5. The molecule has 1 aromatic carbocycles. The molecule has 1 heterocycles. The minimum atomic E-state index is -3.73. The molecule has 0 aromatic heterocycles. The minimum Gasteiger partial charge on any atom is -0.374 e. The highest BCUT2D eigenvalue weighted by molar-refractivity contribution is 7.89. The number of amides is 1. The summed E-state index contributed by atoms with van der Waals surface area (Å²) in [5.41, 5.74) is 0.260. The van der Waals surface area contributed by atoms with Gasteiger partial charge in [0.05, 0.1) is 17.7 Å². The summed E-state index contributed by atoms with van der Waals surface area (Å²) >= 11 is 6.07. The summed E-state index contributed by atoms with van der Waals surface area (Å²) < 4.78 is 33.2. The number of carbonyl (C=O) groups is 1. The van der Waals surface area contributed by atoms with E-state index in [1.807, 2.05) is 0 Å². The molecule has 0 bridgehead atoms. The average molecular weight is 430 g/mol. The molecule has 7 nitrogen and oxygen atoms in total. The van der Waals surface area contributed by atoms with Gasteiger partial charge in [-0.05, 0) is 37.0 Å².